The fourth-order valence-corrected chi connectivity index (χ4v) is 2.75. The van der Waals surface area contributed by atoms with E-state index in [1.54, 1.807) is 36.7 Å². The van der Waals surface area contributed by atoms with Gasteiger partial charge in [0.15, 0.2) is 0 Å². The highest BCUT2D eigenvalue weighted by molar-refractivity contribution is 6.31. The average Bonchev–Trinajstić information content (AvgIpc) is 2.67. The van der Waals surface area contributed by atoms with Crippen molar-refractivity contribution in [3.8, 4) is 5.88 Å². The van der Waals surface area contributed by atoms with Gasteiger partial charge in [-0.3, -0.25) is 9.59 Å². The molecule has 0 aliphatic rings. The molecule has 1 amide bonds. The van der Waals surface area contributed by atoms with E-state index < -0.39 is 0 Å². The molecule has 6 nitrogen and oxygen atoms in total. The molecular formula is C20H18ClN3O3. The van der Waals surface area contributed by atoms with Crippen molar-refractivity contribution in [1.29, 1.82) is 0 Å². The third kappa shape index (κ3) is 4.54. The van der Waals surface area contributed by atoms with E-state index in [1.807, 2.05) is 25.1 Å². The van der Waals surface area contributed by atoms with Gasteiger partial charge in [-0.25, -0.2) is 4.98 Å². The summed E-state index contributed by atoms with van der Waals surface area (Å²) < 4.78 is 6.88. The van der Waals surface area contributed by atoms with Gasteiger partial charge >= 0.3 is 0 Å². The quantitative estimate of drug-likeness (QED) is 0.705. The molecule has 27 heavy (non-hydrogen) atoms. The van der Waals surface area contributed by atoms with Crippen molar-refractivity contribution < 1.29 is 9.53 Å². The summed E-state index contributed by atoms with van der Waals surface area (Å²) in [5.41, 5.74) is 1.43. The van der Waals surface area contributed by atoms with E-state index in [0.29, 0.717) is 29.4 Å². The largest absolute Gasteiger partial charge is 0.477 e. The summed E-state index contributed by atoms with van der Waals surface area (Å²) >= 11 is 6.17. The SMILES string of the molecule is CCOc1ncccc1C(=O)Nc1ccc(=O)n(Cc2ccccc2Cl)c1. The maximum Gasteiger partial charge on any atom is 0.261 e. The normalized spacial score (nSPS) is 10.4. The van der Waals surface area contributed by atoms with Gasteiger partial charge in [-0.15, -0.1) is 0 Å². The van der Waals surface area contributed by atoms with Gasteiger partial charge in [-0.05, 0) is 36.8 Å². The molecule has 138 valence electrons. The lowest BCUT2D eigenvalue weighted by Gasteiger charge is -2.12. The number of anilines is 1. The van der Waals surface area contributed by atoms with Crippen LogP contribution in [0.3, 0.4) is 0 Å². The van der Waals surface area contributed by atoms with Crippen molar-refractivity contribution in [3.05, 3.63) is 87.4 Å². The number of hydrogen-bond donors (Lipinski definition) is 1. The van der Waals surface area contributed by atoms with Gasteiger partial charge < -0.3 is 14.6 Å². The van der Waals surface area contributed by atoms with Crippen molar-refractivity contribution in [2.45, 2.75) is 13.5 Å². The van der Waals surface area contributed by atoms with Gasteiger partial charge in [0.1, 0.15) is 5.56 Å². The van der Waals surface area contributed by atoms with Gasteiger partial charge in [-0.2, -0.15) is 0 Å². The molecule has 1 aromatic carbocycles. The summed E-state index contributed by atoms with van der Waals surface area (Å²) in [6.45, 7) is 2.53. The molecular weight excluding hydrogens is 366 g/mol. The zero-order chi connectivity index (χ0) is 19.2. The van der Waals surface area contributed by atoms with Crippen molar-refractivity contribution >= 4 is 23.2 Å². The average molecular weight is 384 g/mol. The minimum atomic E-state index is -0.366. The number of hydrogen-bond acceptors (Lipinski definition) is 4. The Hall–Kier alpha value is -3.12. The number of carbonyl (C=O) groups is 1. The third-order valence-corrected chi connectivity index (χ3v) is 4.21. The molecule has 0 atom stereocenters. The van der Waals surface area contributed by atoms with E-state index in [4.69, 9.17) is 16.3 Å². The Labute approximate surface area is 161 Å². The van der Waals surface area contributed by atoms with Gasteiger partial charge in [0.2, 0.25) is 5.88 Å². The lowest BCUT2D eigenvalue weighted by atomic mass is 10.2. The summed E-state index contributed by atoms with van der Waals surface area (Å²) in [5, 5.41) is 3.35. The first-order valence-electron chi connectivity index (χ1n) is 8.41. The maximum atomic E-state index is 12.6. The second-order valence-electron chi connectivity index (χ2n) is 5.72. The number of nitrogens with zero attached hydrogens (tertiary/aromatic N) is 2. The zero-order valence-electron chi connectivity index (χ0n) is 14.7. The molecule has 1 N–H and O–H groups in total. The summed E-state index contributed by atoms with van der Waals surface area (Å²) in [7, 11) is 0. The first-order valence-corrected chi connectivity index (χ1v) is 8.79. The predicted molar refractivity (Wildman–Crippen MR) is 105 cm³/mol. The number of rotatable bonds is 6. The smallest absolute Gasteiger partial charge is 0.261 e. The number of aromatic nitrogens is 2. The van der Waals surface area contributed by atoms with Crippen LogP contribution in [0.25, 0.3) is 0 Å². The van der Waals surface area contributed by atoms with Crippen molar-refractivity contribution in [3.63, 3.8) is 0 Å². The minimum Gasteiger partial charge on any atom is -0.477 e. The van der Waals surface area contributed by atoms with Crippen molar-refractivity contribution in [1.82, 2.24) is 9.55 Å². The van der Waals surface area contributed by atoms with Crippen LogP contribution in [-0.2, 0) is 6.54 Å². The van der Waals surface area contributed by atoms with Crippen LogP contribution >= 0.6 is 11.6 Å². The fraction of sp³-hybridized carbons (Fsp3) is 0.150. The number of amides is 1. The Morgan fingerprint density at radius 2 is 2.00 bits per heavy atom. The number of carbonyl (C=O) groups excluding carboxylic acids is 1. The zero-order valence-corrected chi connectivity index (χ0v) is 15.4. The second kappa shape index (κ2) is 8.51. The Bertz CT molecular complexity index is 1020. The van der Waals surface area contributed by atoms with Gasteiger partial charge in [-0.1, -0.05) is 29.8 Å². The number of benzene rings is 1. The molecule has 0 radical (unpaired) electrons. The second-order valence-corrected chi connectivity index (χ2v) is 6.13. The Balaban J connectivity index is 1.83. The lowest BCUT2D eigenvalue weighted by molar-refractivity contribution is 0.102. The molecule has 2 heterocycles. The first-order chi connectivity index (χ1) is 13.1. The third-order valence-electron chi connectivity index (χ3n) is 3.84. The number of pyridine rings is 2. The van der Waals surface area contributed by atoms with Crippen LogP contribution in [0.4, 0.5) is 5.69 Å². The number of ether oxygens (including phenoxy) is 1. The molecule has 3 aromatic rings. The van der Waals surface area contributed by atoms with Crippen LogP contribution in [-0.4, -0.2) is 22.1 Å². The summed E-state index contributed by atoms with van der Waals surface area (Å²) in [6, 6.07) is 13.6. The highest BCUT2D eigenvalue weighted by Gasteiger charge is 2.14. The van der Waals surface area contributed by atoms with Crippen molar-refractivity contribution in [2.75, 3.05) is 11.9 Å². The van der Waals surface area contributed by atoms with E-state index in [0.717, 1.165) is 5.56 Å². The van der Waals surface area contributed by atoms with Crippen LogP contribution in [0.1, 0.15) is 22.8 Å². The van der Waals surface area contributed by atoms with Crippen LogP contribution < -0.4 is 15.6 Å². The van der Waals surface area contributed by atoms with Crippen molar-refractivity contribution in [2.24, 2.45) is 0 Å². The monoisotopic (exact) mass is 383 g/mol. The van der Waals surface area contributed by atoms with Gasteiger partial charge in [0.25, 0.3) is 11.5 Å². The van der Waals surface area contributed by atoms with Crippen LogP contribution in [0.5, 0.6) is 5.88 Å². The van der Waals surface area contributed by atoms with Crippen LogP contribution in [0.2, 0.25) is 5.02 Å². The topological polar surface area (TPSA) is 73.2 Å². The summed E-state index contributed by atoms with van der Waals surface area (Å²) in [4.78, 5) is 28.8. The van der Waals surface area contributed by atoms with Crippen LogP contribution in [0, 0.1) is 0 Å². The first kappa shape index (κ1) is 18.7. The van der Waals surface area contributed by atoms with E-state index in [-0.39, 0.29) is 17.3 Å². The molecule has 0 saturated carbocycles. The van der Waals surface area contributed by atoms with E-state index in [2.05, 4.69) is 10.3 Å². The Morgan fingerprint density at radius 1 is 1.19 bits per heavy atom. The molecule has 0 aliphatic carbocycles. The highest BCUT2D eigenvalue weighted by Crippen LogP contribution is 2.18. The molecule has 7 heteroatoms. The standard InChI is InChI=1S/C20H18ClN3O3/c1-2-27-20-16(7-5-11-22-20)19(26)23-15-9-10-18(25)24(13-15)12-14-6-3-4-8-17(14)21/h3-11,13H,2,12H2,1H3,(H,23,26). The summed E-state index contributed by atoms with van der Waals surface area (Å²) in [5.74, 6) is -0.101. The van der Waals surface area contributed by atoms with Gasteiger partial charge in [0.05, 0.1) is 18.8 Å². The molecule has 0 saturated heterocycles. The molecule has 3 rings (SSSR count). The minimum absolute atomic E-state index is 0.190. The molecule has 0 bridgehead atoms. The lowest BCUT2D eigenvalue weighted by Crippen LogP contribution is -2.21. The molecule has 0 fully saturated rings. The Kier molecular flexibility index (Phi) is 5.88. The highest BCUT2D eigenvalue weighted by atomic mass is 35.5. The van der Waals surface area contributed by atoms with Crippen LogP contribution in [0.15, 0.2) is 65.7 Å². The van der Waals surface area contributed by atoms with E-state index in [1.165, 1.54) is 10.6 Å². The maximum absolute atomic E-state index is 12.6. The molecule has 0 spiro atoms. The summed E-state index contributed by atoms with van der Waals surface area (Å²) in [6.07, 6.45) is 3.14. The Morgan fingerprint density at radius 3 is 2.78 bits per heavy atom. The molecule has 0 unspecified atom stereocenters. The fourth-order valence-electron chi connectivity index (χ4n) is 2.55. The number of nitrogens with one attached hydrogen (secondary N) is 1. The molecule has 2 aromatic heterocycles. The van der Waals surface area contributed by atoms with Gasteiger partial charge in [0, 0.05) is 23.5 Å². The predicted octanol–water partition coefficient (Wildman–Crippen LogP) is 3.60. The number of halogens is 1. The van der Waals surface area contributed by atoms with E-state index in [9.17, 15) is 9.59 Å². The molecule has 0 aliphatic heterocycles. The van der Waals surface area contributed by atoms with E-state index >= 15 is 0 Å².